The number of ether oxygens (including phenoxy) is 2. The van der Waals surface area contributed by atoms with Gasteiger partial charge in [-0.05, 0) is 74.9 Å². The topological polar surface area (TPSA) is 81.9 Å². The lowest BCUT2D eigenvalue weighted by molar-refractivity contribution is -0.113. The zero-order chi connectivity index (χ0) is 28.4. The normalized spacial score (nSPS) is 15.1. The molecule has 0 spiro atoms. The molecule has 204 valence electrons. The highest BCUT2D eigenvalue weighted by molar-refractivity contribution is 7.07. The summed E-state index contributed by atoms with van der Waals surface area (Å²) in [5, 5.41) is 3.49. The van der Waals surface area contributed by atoms with Crippen LogP contribution in [0.3, 0.4) is 0 Å². The summed E-state index contributed by atoms with van der Waals surface area (Å²) in [5.74, 6) is 0.900. The van der Waals surface area contributed by atoms with Gasteiger partial charge in [-0.3, -0.25) is 14.2 Å². The van der Waals surface area contributed by atoms with Crippen LogP contribution in [0.2, 0.25) is 5.02 Å². The average molecular weight is 574 g/mol. The molecule has 2 heterocycles. The van der Waals surface area contributed by atoms with Crippen molar-refractivity contribution in [2.45, 2.75) is 32.9 Å². The van der Waals surface area contributed by atoms with Gasteiger partial charge in [0.05, 0.1) is 35.1 Å². The minimum absolute atomic E-state index is 0.0593. The standard InChI is InChI=1S/C31H28ClN3O4S/c1-18(2)39-25-14-13-22(32)15-21(25)17-26-30(37)35-28(20-9-8-12-24(16-20)38-4)27(19(3)33-31(35)40-26)29(36)34-23-10-6-5-7-11-23/h5-18,28H,1-4H3,(H,34,36)/b26-17-/t28-/m0/s1. The van der Waals surface area contributed by atoms with Crippen LogP contribution in [0, 0.1) is 0 Å². The van der Waals surface area contributed by atoms with E-state index in [9.17, 15) is 9.59 Å². The van der Waals surface area contributed by atoms with Crippen molar-refractivity contribution < 1.29 is 14.3 Å². The predicted molar refractivity (Wildman–Crippen MR) is 159 cm³/mol. The summed E-state index contributed by atoms with van der Waals surface area (Å²) in [6.45, 7) is 5.66. The van der Waals surface area contributed by atoms with E-state index in [1.54, 1.807) is 42.9 Å². The van der Waals surface area contributed by atoms with Crippen LogP contribution < -0.4 is 29.7 Å². The first-order chi connectivity index (χ1) is 19.2. The molecule has 0 bridgehead atoms. The smallest absolute Gasteiger partial charge is 0.271 e. The first-order valence-corrected chi connectivity index (χ1v) is 13.9. The molecule has 7 nitrogen and oxygen atoms in total. The van der Waals surface area contributed by atoms with E-state index in [0.717, 1.165) is 5.56 Å². The van der Waals surface area contributed by atoms with E-state index >= 15 is 0 Å². The molecule has 1 atom stereocenters. The largest absolute Gasteiger partial charge is 0.497 e. The quantitative estimate of drug-likeness (QED) is 0.324. The Balaban J connectivity index is 1.69. The maximum absolute atomic E-state index is 14.0. The van der Waals surface area contributed by atoms with Crippen LogP contribution >= 0.6 is 22.9 Å². The van der Waals surface area contributed by atoms with E-state index in [4.69, 9.17) is 26.1 Å². The average Bonchev–Trinajstić information content (AvgIpc) is 3.23. The number of rotatable bonds is 7. The lowest BCUT2D eigenvalue weighted by Gasteiger charge is -2.25. The molecule has 1 aromatic heterocycles. The van der Waals surface area contributed by atoms with Gasteiger partial charge in [0.25, 0.3) is 11.5 Å². The second kappa shape index (κ2) is 11.5. The van der Waals surface area contributed by atoms with Gasteiger partial charge in [-0.2, -0.15) is 0 Å². The zero-order valence-corrected chi connectivity index (χ0v) is 24.0. The molecule has 1 amide bonds. The van der Waals surface area contributed by atoms with Gasteiger partial charge in [0.1, 0.15) is 11.5 Å². The van der Waals surface area contributed by atoms with Crippen LogP contribution in [0.4, 0.5) is 5.69 Å². The number of amides is 1. The van der Waals surface area contributed by atoms with E-state index in [1.807, 2.05) is 68.4 Å². The Morgan fingerprint density at radius 3 is 2.60 bits per heavy atom. The summed E-state index contributed by atoms with van der Waals surface area (Å²) in [7, 11) is 1.58. The number of carbonyl (C=O) groups excluding carboxylic acids is 1. The molecule has 1 aliphatic rings. The molecule has 1 N–H and O–H groups in total. The molecular weight excluding hydrogens is 546 g/mol. The van der Waals surface area contributed by atoms with Gasteiger partial charge in [0, 0.05) is 16.3 Å². The molecule has 1 aliphatic heterocycles. The molecular formula is C31H28ClN3O4S. The van der Waals surface area contributed by atoms with Crippen LogP contribution in [-0.4, -0.2) is 23.7 Å². The van der Waals surface area contributed by atoms with Gasteiger partial charge < -0.3 is 14.8 Å². The minimum atomic E-state index is -0.719. The third-order valence-corrected chi connectivity index (χ3v) is 7.55. The highest BCUT2D eigenvalue weighted by Crippen LogP contribution is 2.32. The number of para-hydroxylation sites is 1. The van der Waals surface area contributed by atoms with Gasteiger partial charge in [0.15, 0.2) is 4.80 Å². The number of halogens is 1. The molecule has 3 aromatic carbocycles. The van der Waals surface area contributed by atoms with Gasteiger partial charge >= 0.3 is 0 Å². The molecule has 0 radical (unpaired) electrons. The lowest BCUT2D eigenvalue weighted by Crippen LogP contribution is -2.40. The number of benzene rings is 3. The molecule has 0 saturated carbocycles. The van der Waals surface area contributed by atoms with Gasteiger partial charge in [-0.15, -0.1) is 0 Å². The number of thiazole rings is 1. The Hall–Kier alpha value is -4.14. The zero-order valence-electron chi connectivity index (χ0n) is 22.5. The summed E-state index contributed by atoms with van der Waals surface area (Å²) in [6, 6.07) is 21.2. The Morgan fingerprint density at radius 2 is 1.88 bits per heavy atom. The predicted octanol–water partition coefficient (Wildman–Crippen LogP) is 5.32. The molecule has 4 aromatic rings. The molecule has 40 heavy (non-hydrogen) atoms. The Kier molecular flexibility index (Phi) is 7.91. The first-order valence-electron chi connectivity index (χ1n) is 12.7. The summed E-state index contributed by atoms with van der Waals surface area (Å²) in [6.07, 6.45) is 1.70. The van der Waals surface area contributed by atoms with Crippen molar-refractivity contribution in [1.29, 1.82) is 0 Å². The summed E-state index contributed by atoms with van der Waals surface area (Å²) in [5.41, 5.74) is 2.69. The van der Waals surface area contributed by atoms with Crippen molar-refractivity contribution in [3.63, 3.8) is 0 Å². The second-order valence-corrected chi connectivity index (χ2v) is 11.0. The second-order valence-electron chi connectivity index (χ2n) is 9.53. The number of methoxy groups -OCH3 is 1. The summed E-state index contributed by atoms with van der Waals surface area (Å²) in [4.78, 5) is 32.9. The van der Waals surface area contributed by atoms with Crippen LogP contribution in [0.25, 0.3) is 6.08 Å². The maximum atomic E-state index is 14.0. The lowest BCUT2D eigenvalue weighted by atomic mass is 9.95. The van der Waals surface area contributed by atoms with Crippen molar-refractivity contribution in [2.75, 3.05) is 12.4 Å². The monoisotopic (exact) mass is 573 g/mol. The fraction of sp³-hybridized carbons (Fsp3) is 0.194. The van der Waals surface area contributed by atoms with Gasteiger partial charge in [-0.1, -0.05) is 53.3 Å². The van der Waals surface area contributed by atoms with Crippen molar-refractivity contribution in [3.05, 3.63) is 120 Å². The number of hydrogen-bond donors (Lipinski definition) is 1. The van der Waals surface area contributed by atoms with E-state index < -0.39 is 6.04 Å². The highest BCUT2D eigenvalue weighted by atomic mass is 35.5. The summed E-state index contributed by atoms with van der Waals surface area (Å²) >= 11 is 7.55. The van der Waals surface area contributed by atoms with Crippen LogP contribution in [0.15, 0.2) is 93.9 Å². The number of aromatic nitrogens is 1. The highest BCUT2D eigenvalue weighted by Gasteiger charge is 2.32. The Labute approximate surface area is 240 Å². The number of carbonyl (C=O) groups is 1. The molecule has 0 fully saturated rings. The molecule has 5 rings (SSSR count). The Bertz CT molecular complexity index is 1790. The first kappa shape index (κ1) is 27.4. The van der Waals surface area contributed by atoms with E-state index in [2.05, 4.69) is 5.32 Å². The fourth-order valence-electron chi connectivity index (χ4n) is 4.59. The van der Waals surface area contributed by atoms with Crippen LogP contribution in [0.1, 0.15) is 37.9 Å². The Morgan fingerprint density at radius 1 is 1.10 bits per heavy atom. The third-order valence-electron chi connectivity index (χ3n) is 6.33. The summed E-state index contributed by atoms with van der Waals surface area (Å²) < 4.78 is 13.4. The fourth-order valence-corrected chi connectivity index (χ4v) is 5.81. The molecule has 9 heteroatoms. The third kappa shape index (κ3) is 5.59. The van der Waals surface area contributed by atoms with Gasteiger partial charge in [-0.25, -0.2) is 4.99 Å². The number of allylic oxidation sites excluding steroid dienone is 1. The van der Waals surface area contributed by atoms with Crippen LogP contribution in [0.5, 0.6) is 11.5 Å². The SMILES string of the molecule is COc1cccc([C@H]2C(C(=O)Nc3ccccc3)=C(C)N=c3s/c(=C\c4cc(Cl)ccc4OC(C)C)c(=O)n32)c1. The van der Waals surface area contributed by atoms with Crippen molar-refractivity contribution in [1.82, 2.24) is 4.57 Å². The molecule has 0 aliphatic carbocycles. The number of anilines is 1. The minimum Gasteiger partial charge on any atom is -0.497 e. The van der Waals surface area contributed by atoms with E-state index in [1.165, 1.54) is 11.3 Å². The number of fused-ring (bicyclic) bond motifs is 1. The number of nitrogens with zero attached hydrogens (tertiary/aromatic N) is 2. The van der Waals surface area contributed by atoms with Gasteiger partial charge in [0.2, 0.25) is 0 Å². The van der Waals surface area contributed by atoms with Crippen molar-refractivity contribution in [2.24, 2.45) is 4.99 Å². The number of hydrogen-bond acceptors (Lipinski definition) is 6. The molecule has 0 saturated heterocycles. The van der Waals surface area contributed by atoms with Crippen molar-refractivity contribution >= 4 is 40.6 Å². The van der Waals surface area contributed by atoms with Crippen molar-refractivity contribution in [3.8, 4) is 11.5 Å². The number of nitrogens with one attached hydrogen (secondary N) is 1. The molecule has 0 unspecified atom stereocenters. The maximum Gasteiger partial charge on any atom is 0.271 e. The van der Waals surface area contributed by atoms with E-state index in [0.29, 0.717) is 48.4 Å². The van der Waals surface area contributed by atoms with E-state index in [-0.39, 0.29) is 17.6 Å². The van der Waals surface area contributed by atoms with Crippen LogP contribution in [-0.2, 0) is 4.79 Å².